The van der Waals surface area contributed by atoms with Gasteiger partial charge in [-0.05, 0) is 14.0 Å². The largest absolute Gasteiger partial charge is 0.387 e. The molecular formula is C8H16N2O2. The van der Waals surface area contributed by atoms with E-state index in [1.165, 1.54) is 0 Å². The molecule has 0 spiro atoms. The zero-order valence-corrected chi connectivity index (χ0v) is 7.66. The number of carbonyl (C=O) groups excluding carboxylic acids is 1. The Balaban J connectivity index is 2.50. The molecule has 1 amide bonds. The van der Waals surface area contributed by atoms with Crippen molar-refractivity contribution in [2.24, 2.45) is 0 Å². The number of rotatable bonds is 1. The Morgan fingerprint density at radius 3 is 2.75 bits per heavy atom. The maximum atomic E-state index is 11.1. The number of aliphatic hydroxyl groups excluding tert-OH is 1. The van der Waals surface area contributed by atoms with Crippen LogP contribution in [0.3, 0.4) is 0 Å². The van der Waals surface area contributed by atoms with Crippen LogP contribution in [0.1, 0.15) is 6.92 Å². The highest BCUT2D eigenvalue weighted by Gasteiger charge is 2.24. The molecule has 0 radical (unpaired) electrons. The summed E-state index contributed by atoms with van der Waals surface area (Å²) < 4.78 is 0. The molecule has 0 aromatic rings. The first kappa shape index (κ1) is 9.48. The van der Waals surface area contributed by atoms with Gasteiger partial charge in [-0.1, -0.05) is 0 Å². The van der Waals surface area contributed by atoms with Gasteiger partial charge in [-0.2, -0.15) is 0 Å². The fraction of sp³-hybridized carbons (Fsp3) is 0.875. The molecule has 0 bridgehead atoms. The minimum Gasteiger partial charge on any atom is -0.387 e. The molecule has 1 saturated heterocycles. The number of aliphatic hydroxyl groups is 1. The third-order valence-electron chi connectivity index (χ3n) is 2.29. The zero-order valence-electron chi connectivity index (χ0n) is 7.66. The summed E-state index contributed by atoms with van der Waals surface area (Å²) in [6, 6.07) is 0.225. The lowest BCUT2D eigenvalue weighted by molar-refractivity contribution is -0.138. The monoisotopic (exact) mass is 172 g/mol. The van der Waals surface area contributed by atoms with E-state index in [1.54, 1.807) is 4.90 Å². The van der Waals surface area contributed by atoms with E-state index in [9.17, 15) is 4.79 Å². The van der Waals surface area contributed by atoms with E-state index >= 15 is 0 Å². The maximum Gasteiger partial charge on any atom is 0.248 e. The van der Waals surface area contributed by atoms with Crippen molar-refractivity contribution in [2.45, 2.75) is 13.0 Å². The Kier molecular flexibility index (Phi) is 3.05. The van der Waals surface area contributed by atoms with Crippen LogP contribution in [0, 0.1) is 0 Å². The molecule has 0 aliphatic carbocycles. The van der Waals surface area contributed by atoms with Gasteiger partial charge in [-0.15, -0.1) is 0 Å². The normalized spacial score (nSPS) is 25.9. The maximum absolute atomic E-state index is 11.1. The first-order valence-corrected chi connectivity index (χ1v) is 4.24. The number of likely N-dealkylation sites (N-methyl/N-ethyl adjacent to an activating group) is 1. The van der Waals surface area contributed by atoms with Crippen molar-refractivity contribution in [2.75, 3.05) is 33.3 Å². The van der Waals surface area contributed by atoms with Crippen LogP contribution >= 0.6 is 0 Å². The highest BCUT2D eigenvalue weighted by atomic mass is 16.3. The van der Waals surface area contributed by atoms with Crippen LogP contribution in [0.25, 0.3) is 0 Å². The Morgan fingerprint density at radius 1 is 1.58 bits per heavy atom. The van der Waals surface area contributed by atoms with Gasteiger partial charge in [0.15, 0.2) is 0 Å². The lowest BCUT2D eigenvalue weighted by Crippen LogP contribution is -2.53. The fourth-order valence-corrected chi connectivity index (χ4v) is 1.60. The molecule has 0 aromatic carbocycles. The van der Waals surface area contributed by atoms with Crippen molar-refractivity contribution < 1.29 is 9.90 Å². The summed E-state index contributed by atoms with van der Waals surface area (Å²) >= 11 is 0. The standard InChI is InChI=1S/C8H16N2O2/c1-7-5-9(2)3-4-10(7)8(12)6-11/h7,11H,3-6H2,1-2H3/t7-/m0/s1. The second-order valence-electron chi connectivity index (χ2n) is 3.36. The molecule has 0 unspecified atom stereocenters. The molecule has 1 rings (SSSR count). The molecule has 0 aromatic heterocycles. The van der Waals surface area contributed by atoms with E-state index < -0.39 is 0 Å². The fourth-order valence-electron chi connectivity index (χ4n) is 1.60. The molecule has 12 heavy (non-hydrogen) atoms. The summed E-state index contributed by atoms with van der Waals surface area (Å²) in [5, 5.41) is 8.67. The van der Waals surface area contributed by atoms with Crippen LogP contribution < -0.4 is 0 Å². The van der Waals surface area contributed by atoms with Crippen LogP contribution in [-0.2, 0) is 4.79 Å². The van der Waals surface area contributed by atoms with Gasteiger partial charge in [-0.3, -0.25) is 4.79 Å². The number of amides is 1. The zero-order chi connectivity index (χ0) is 9.14. The number of hydrogen-bond donors (Lipinski definition) is 1. The molecule has 1 fully saturated rings. The molecule has 1 heterocycles. The van der Waals surface area contributed by atoms with Crippen LogP contribution in [0.5, 0.6) is 0 Å². The number of hydrogen-bond acceptors (Lipinski definition) is 3. The summed E-state index contributed by atoms with van der Waals surface area (Å²) in [6.07, 6.45) is 0. The van der Waals surface area contributed by atoms with Gasteiger partial charge in [0.2, 0.25) is 5.91 Å². The average molecular weight is 172 g/mol. The van der Waals surface area contributed by atoms with E-state index in [0.717, 1.165) is 19.6 Å². The van der Waals surface area contributed by atoms with E-state index in [2.05, 4.69) is 4.90 Å². The smallest absolute Gasteiger partial charge is 0.248 e. The van der Waals surface area contributed by atoms with Crippen molar-refractivity contribution in [3.63, 3.8) is 0 Å². The van der Waals surface area contributed by atoms with Gasteiger partial charge < -0.3 is 14.9 Å². The van der Waals surface area contributed by atoms with Gasteiger partial charge in [0, 0.05) is 25.7 Å². The number of carbonyl (C=O) groups is 1. The summed E-state index contributed by atoms with van der Waals surface area (Å²) in [7, 11) is 2.04. The molecule has 0 saturated carbocycles. The highest BCUT2D eigenvalue weighted by molar-refractivity contribution is 5.77. The van der Waals surface area contributed by atoms with Gasteiger partial charge >= 0.3 is 0 Å². The molecule has 1 N–H and O–H groups in total. The Hall–Kier alpha value is -0.610. The van der Waals surface area contributed by atoms with Crippen molar-refractivity contribution >= 4 is 5.91 Å². The highest BCUT2D eigenvalue weighted by Crippen LogP contribution is 2.07. The molecule has 4 heteroatoms. The van der Waals surface area contributed by atoms with Gasteiger partial charge in [0.05, 0.1) is 0 Å². The summed E-state index contributed by atoms with van der Waals surface area (Å²) in [4.78, 5) is 15.1. The quantitative estimate of drug-likeness (QED) is 0.560. The van der Waals surface area contributed by atoms with Crippen molar-refractivity contribution in [1.82, 2.24) is 9.80 Å². The second kappa shape index (κ2) is 3.87. The molecule has 1 aliphatic heterocycles. The summed E-state index contributed by atoms with van der Waals surface area (Å²) in [6.45, 7) is 4.16. The van der Waals surface area contributed by atoms with Gasteiger partial charge in [-0.25, -0.2) is 0 Å². The third-order valence-corrected chi connectivity index (χ3v) is 2.29. The summed E-state index contributed by atoms with van der Waals surface area (Å²) in [5.41, 5.74) is 0. The first-order chi connectivity index (χ1) is 5.65. The van der Waals surface area contributed by atoms with Crippen molar-refractivity contribution in [3.8, 4) is 0 Å². The molecule has 70 valence electrons. The SMILES string of the molecule is C[C@H]1CN(C)CCN1C(=O)CO. The lowest BCUT2D eigenvalue weighted by atomic mass is 10.2. The average Bonchev–Trinajstić information content (AvgIpc) is 2.03. The molecule has 4 nitrogen and oxygen atoms in total. The van der Waals surface area contributed by atoms with Crippen molar-refractivity contribution in [1.29, 1.82) is 0 Å². The number of piperazine rings is 1. The molecule has 1 atom stereocenters. The minimum atomic E-state index is -0.367. The minimum absolute atomic E-state index is 0.157. The Morgan fingerprint density at radius 2 is 2.25 bits per heavy atom. The second-order valence-corrected chi connectivity index (χ2v) is 3.36. The predicted octanol–water partition coefficient (Wildman–Crippen LogP) is -0.859. The van der Waals surface area contributed by atoms with Crippen LogP contribution in [0.15, 0.2) is 0 Å². The van der Waals surface area contributed by atoms with Crippen LogP contribution in [0.4, 0.5) is 0 Å². The Labute approximate surface area is 72.8 Å². The lowest BCUT2D eigenvalue weighted by Gasteiger charge is -2.37. The number of nitrogens with zero attached hydrogens (tertiary/aromatic N) is 2. The van der Waals surface area contributed by atoms with Crippen LogP contribution in [0.2, 0.25) is 0 Å². The van der Waals surface area contributed by atoms with Gasteiger partial charge in [0.25, 0.3) is 0 Å². The molecular weight excluding hydrogens is 156 g/mol. The van der Waals surface area contributed by atoms with E-state index in [0.29, 0.717) is 0 Å². The molecule has 1 aliphatic rings. The first-order valence-electron chi connectivity index (χ1n) is 4.24. The van der Waals surface area contributed by atoms with E-state index in [-0.39, 0.29) is 18.6 Å². The van der Waals surface area contributed by atoms with Crippen LogP contribution in [-0.4, -0.2) is 60.1 Å². The summed E-state index contributed by atoms with van der Waals surface area (Å²) in [5.74, 6) is -0.157. The van der Waals surface area contributed by atoms with E-state index in [1.807, 2.05) is 14.0 Å². The van der Waals surface area contributed by atoms with Crippen molar-refractivity contribution in [3.05, 3.63) is 0 Å². The van der Waals surface area contributed by atoms with E-state index in [4.69, 9.17) is 5.11 Å². The third kappa shape index (κ3) is 1.95. The Bertz CT molecular complexity index is 172. The predicted molar refractivity (Wildman–Crippen MR) is 45.8 cm³/mol. The van der Waals surface area contributed by atoms with Gasteiger partial charge in [0.1, 0.15) is 6.61 Å². The topological polar surface area (TPSA) is 43.8 Å².